The van der Waals surface area contributed by atoms with Crippen LogP contribution in [0.4, 0.5) is 17.1 Å². The van der Waals surface area contributed by atoms with Gasteiger partial charge in [0.05, 0.1) is 33.8 Å². The van der Waals surface area contributed by atoms with Gasteiger partial charge in [-0.2, -0.15) is 0 Å². The van der Waals surface area contributed by atoms with Gasteiger partial charge in [0.25, 0.3) is 0 Å². The topological polar surface area (TPSA) is 46.3 Å². The van der Waals surface area contributed by atoms with E-state index in [0.29, 0.717) is 0 Å². The molecule has 5 nitrogen and oxygen atoms in total. The summed E-state index contributed by atoms with van der Waals surface area (Å²) in [5.74, 6) is 0. The number of para-hydroxylation sites is 3. The van der Waals surface area contributed by atoms with Crippen LogP contribution in [0, 0.1) is 0 Å². The first-order chi connectivity index (χ1) is 23.8. The van der Waals surface area contributed by atoms with Crippen molar-refractivity contribution in [3.63, 3.8) is 0 Å². The Hall–Kier alpha value is -6.59. The van der Waals surface area contributed by atoms with Gasteiger partial charge in [0.2, 0.25) is 0 Å². The Labute approximate surface area is 278 Å². The Morgan fingerprint density at radius 3 is 1.77 bits per heavy atom. The molecule has 0 atom stereocenters. The molecule has 0 spiro atoms. The minimum Gasteiger partial charge on any atom is -0.310 e. The van der Waals surface area contributed by atoms with E-state index in [4.69, 9.17) is 15.0 Å². The number of fused-ring (bicyclic) bond motifs is 3. The fourth-order valence-corrected chi connectivity index (χ4v) is 6.55. The predicted octanol–water partition coefficient (Wildman–Crippen LogP) is 10.9. The first-order valence-electron chi connectivity index (χ1n) is 16.0. The number of hydrogen-bond acceptors (Lipinski definition) is 4. The van der Waals surface area contributed by atoms with Crippen LogP contribution in [-0.4, -0.2) is 19.4 Å². The number of imidazole rings is 1. The molecule has 9 aromatic rings. The summed E-state index contributed by atoms with van der Waals surface area (Å²) in [6.07, 6.45) is 4.14. The Morgan fingerprint density at radius 2 is 1.04 bits per heavy atom. The van der Waals surface area contributed by atoms with E-state index >= 15 is 0 Å². The van der Waals surface area contributed by atoms with Crippen molar-refractivity contribution >= 4 is 44.5 Å². The second kappa shape index (κ2) is 11.6. The molecule has 9 rings (SSSR count). The van der Waals surface area contributed by atoms with Crippen LogP contribution in [0.3, 0.4) is 0 Å². The third-order valence-corrected chi connectivity index (χ3v) is 8.81. The second-order valence-electron chi connectivity index (χ2n) is 11.8. The summed E-state index contributed by atoms with van der Waals surface area (Å²) < 4.78 is 2.07. The highest BCUT2D eigenvalue weighted by atomic mass is 15.1. The highest BCUT2D eigenvalue weighted by Crippen LogP contribution is 2.42. The van der Waals surface area contributed by atoms with Gasteiger partial charge in [-0.3, -0.25) is 0 Å². The van der Waals surface area contributed by atoms with Crippen LogP contribution in [0.25, 0.3) is 61.2 Å². The molecule has 0 aliphatic heterocycles. The summed E-state index contributed by atoms with van der Waals surface area (Å²) >= 11 is 0. The minimum atomic E-state index is 0.861. The molecule has 0 aliphatic rings. The molecule has 3 heterocycles. The third-order valence-electron chi connectivity index (χ3n) is 8.81. The zero-order valence-electron chi connectivity index (χ0n) is 26.0. The standard InChI is InChI=1S/C43H29N5/c1-3-13-30(14-4-1)42-43(46-38-21-8-7-20-37(38)45-42)31-24-26-33(27-25-31)48(32-15-5-2-6-16-32)40-22-12-17-34-35(18-11-19-36(34)40)39-29-47-28-10-9-23-41(47)44-39/h1-29H. The van der Waals surface area contributed by atoms with Crippen LogP contribution in [0.2, 0.25) is 0 Å². The van der Waals surface area contributed by atoms with Crippen molar-refractivity contribution in [3.8, 4) is 33.8 Å². The molecule has 0 bridgehead atoms. The van der Waals surface area contributed by atoms with Crippen molar-refractivity contribution in [1.82, 2.24) is 19.4 Å². The third kappa shape index (κ3) is 4.86. The van der Waals surface area contributed by atoms with Crippen LogP contribution < -0.4 is 4.90 Å². The van der Waals surface area contributed by atoms with Gasteiger partial charge in [0.15, 0.2) is 0 Å². The van der Waals surface area contributed by atoms with E-state index in [9.17, 15) is 0 Å². The lowest BCUT2D eigenvalue weighted by Crippen LogP contribution is -2.10. The molecule has 0 unspecified atom stereocenters. The SMILES string of the molecule is c1ccc(-c2nc3ccccc3nc2-c2ccc(N(c3ccccc3)c3cccc4c(-c5cn6ccccc6n5)cccc34)cc2)cc1. The lowest BCUT2D eigenvalue weighted by Gasteiger charge is -2.27. The maximum atomic E-state index is 5.12. The van der Waals surface area contributed by atoms with E-state index in [0.717, 1.165) is 78.3 Å². The Bertz CT molecular complexity index is 2520. The van der Waals surface area contributed by atoms with E-state index in [1.54, 1.807) is 0 Å². The average molecular weight is 616 g/mol. The fraction of sp³-hybridized carbons (Fsp3) is 0. The number of anilines is 3. The molecule has 226 valence electrons. The van der Waals surface area contributed by atoms with Gasteiger partial charge in [-0.05, 0) is 60.0 Å². The first-order valence-corrected chi connectivity index (χ1v) is 16.0. The van der Waals surface area contributed by atoms with Crippen molar-refractivity contribution < 1.29 is 0 Å². The van der Waals surface area contributed by atoms with Crippen molar-refractivity contribution in [1.29, 1.82) is 0 Å². The van der Waals surface area contributed by atoms with Crippen LogP contribution in [-0.2, 0) is 0 Å². The minimum absolute atomic E-state index is 0.861. The molecule has 0 radical (unpaired) electrons. The number of rotatable bonds is 6. The molecular weight excluding hydrogens is 587 g/mol. The monoisotopic (exact) mass is 615 g/mol. The highest BCUT2D eigenvalue weighted by molar-refractivity contribution is 6.05. The number of aromatic nitrogens is 4. The van der Waals surface area contributed by atoms with Gasteiger partial charge in [-0.25, -0.2) is 15.0 Å². The fourth-order valence-electron chi connectivity index (χ4n) is 6.55. The van der Waals surface area contributed by atoms with E-state index in [1.165, 1.54) is 0 Å². The van der Waals surface area contributed by atoms with E-state index < -0.39 is 0 Å². The van der Waals surface area contributed by atoms with Gasteiger partial charge in [0, 0.05) is 45.8 Å². The summed E-state index contributed by atoms with van der Waals surface area (Å²) in [7, 11) is 0. The second-order valence-corrected chi connectivity index (χ2v) is 11.8. The van der Waals surface area contributed by atoms with E-state index in [-0.39, 0.29) is 0 Å². The van der Waals surface area contributed by atoms with E-state index in [1.807, 2.05) is 66.9 Å². The summed E-state index contributed by atoms with van der Waals surface area (Å²) in [6.45, 7) is 0. The lowest BCUT2D eigenvalue weighted by atomic mass is 9.99. The van der Waals surface area contributed by atoms with Crippen molar-refractivity contribution in [2.24, 2.45) is 0 Å². The van der Waals surface area contributed by atoms with E-state index in [2.05, 4.69) is 119 Å². The Kier molecular flexibility index (Phi) is 6.72. The largest absolute Gasteiger partial charge is 0.310 e. The molecule has 0 saturated heterocycles. The van der Waals surface area contributed by atoms with Crippen LogP contribution in [0.5, 0.6) is 0 Å². The molecule has 0 aliphatic carbocycles. The first kappa shape index (κ1) is 27.7. The van der Waals surface area contributed by atoms with Crippen molar-refractivity contribution in [3.05, 3.63) is 176 Å². The maximum absolute atomic E-state index is 5.12. The predicted molar refractivity (Wildman–Crippen MR) is 197 cm³/mol. The molecule has 3 aromatic heterocycles. The summed E-state index contributed by atoms with van der Waals surface area (Å²) in [5, 5.41) is 2.29. The smallest absolute Gasteiger partial charge is 0.137 e. The number of pyridine rings is 1. The van der Waals surface area contributed by atoms with Crippen LogP contribution in [0.15, 0.2) is 176 Å². The summed E-state index contributed by atoms with van der Waals surface area (Å²) in [6, 6.07) is 56.6. The molecule has 0 fully saturated rings. The molecule has 48 heavy (non-hydrogen) atoms. The average Bonchev–Trinajstić information content (AvgIpc) is 3.60. The maximum Gasteiger partial charge on any atom is 0.137 e. The highest BCUT2D eigenvalue weighted by Gasteiger charge is 2.19. The summed E-state index contributed by atoms with van der Waals surface area (Å²) in [5.41, 5.74) is 11.7. The zero-order valence-corrected chi connectivity index (χ0v) is 26.0. The van der Waals surface area contributed by atoms with Gasteiger partial charge in [-0.1, -0.05) is 109 Å². The molecule has 0 amide bonds. The number of benzene rings is 6. The van der Waals surface area contributed by atoms with Crippen molar-refractivity contribution in [2.75, 3.05) is 4.90 Å². The quantitative estimate of drug-likeness (QED) is 0.187. The van der Waals surface area contributed by atoms with Crippen molar-refractivity contribution in [2.45, 2.75) is 0 Å². The normalized spacial score (nSPS) is 11.3. The van der Waals surface area contributed by atoms with Crippen LogP contribution in [0.1, 0.15) is 0 Å². The molecule has 0 saturated carbocycles. The number of nitrogens with zero attached hydrogens (tertiary/aromatic N) is 5. The summed E-state index contributed by atoms with van der Waals surface area (Å²) in [4.78, 5) is 17.5. The Balaban J connectivity index is 1.19. The number of hydrogen-bond donors (Lipinski definition) is 0. The molecule has 6 aromatic carbocycles. The Morgan fingerprint density at radius 1 is 0.438 bits per heavy atom. The van der Waals surface area contributed by atoms with Crippen LogP contribution >= 0.6 is 0 Å². The zero-order chi connectivity index (χ0) is 31.9. The van der Waals surface area contributed by atoms with Gasteiger partial charge < -0.3 is 9.30 Å². The lowest BCUT2D eigenvalue weighted by molar-refractivity contribution is 1.19. The molecule has 5 heteroatoms. The molecular formula is C43H29N5. The van der Waals surface area contributed by atoms with Gasteiger partial charge >= 0.3 is 0 Å². The molecule has 0 N–H and O–H groups in total. The van der Waals surface area contributed by atoms with Gasteiger partial charge in [-0.15, -0.1) is 0 Å². The van der Waals surface area contributed by atoms with Gasteiger partial charge in [0.1, 0.15) is 5.65 Å².